The Hall–Kier alpha value is -1.74. The molecule has 18 heavy (non-hydrogen) atoms. The predicted octanol–water partition coefficient (Wildman–Crippen LogP) is 2.56. The van der Waals surface area contributed by atoms with E-state index >= 15 is 0 Å². The molecule has 0 saturated heterocycles. The molecule has 0 aliphatic rings. The number of nitrogens with one attached hydrogen (secondary N) is 1. The molecule has 1 rings (SSSR count). The molecule has 0 aliphatic heterocycles. The van der Waals surface area contributed by atoms with Crippen molar-refractivity contribution in [3.05, 3.63) is 29.3 Å². The van der Waals surface area contributed by atoms with Crippen LogP contribution in [-0.2, 0) is 6.18 Å². The fourth-order valence-electron chi connectivity index (χ4n) is 1.44. The average molecular weight is 258 g/mol. The lowest BCUT2D eigenvalue weighted by molar-refractivity contribution is -0.137. The van der Waals surface area contributed by atoms with Crippen molar-refractivity contribution in [3.8, 4) is 11.8 Å². The van der Waals surface area contributed by atoms with E-state index in [2.05, 4.69) is 5.32 Å². The highest BCUT2D eigenvalue weighted by atomic mass is 19.4. The average Bonchev–Trinajstić information content (AvgIpc) is 2.28. The molecular formula is C12H13F3N2O. The Morgan fingerprint density at radius 3 is 2.61 bits per heavy atom. The molecule has 0 amide bonds. The van der Waals surface area contributed by atoms with Gasteiger partial charge in [0.15, 0.2) is 0 Å². The zero-order chi connectivity index (χ0) is 13.8. The van der Waals surface area contributed by atoms with Crippen molar-refractivity contribution in [1.82, 2.24) is 5.32 Å². The molecule has 98 valence electrons. The number of alkyl halides is 3. The fourth-order valence-corrected chi connectivity index (χ4v) is 1.44. The molecule has 0 bridgehead atoms. The van der Waals surface area contributed by atoms with Crippen LogP contribution in [-0.4, -0.2) is 19.7 Å². The van der Waals surface area contributed by atoms with Crippen molar-refractivity contribution in [1.29, 1.82) is 5.26 Å². The molecule has 0 spiro atoms. The fraction of sp³-hybridized carbons (Fsp3) is 0.417. The summed E-state index contributed by atoms with van der Waals surface area (Å²) in [5.74, 6) is 0.160. The van der Waals surface area contributed by atoms with Gasteiger partial charge in [-0.2, -0.15) is 18.4 Å². The van der Waals surface area contributed by atoms with Crippen LogP contribution in [0.2, 0.25) is 0 Å². The minimum Gasteiger partial charge on any atom is -0.488 e. The maximum Gasteiger partial charge on any atom is 0.416 e. The van der Waals surface area contributed by atoms with Crippen LogP contribution in [0.3, 0.4) is 0 Å². The molecule has 1 aromatic carbocycles. The molecular weight excluding hydrogens is 245 g/mol. The van der Waals surface area contributed by atoms with Crippen LogP contribution >= 0.6 is 0 Å². The Morgan fingerprint density at radius 2 is 2.11 bits per heavy atom. The molecule has 1 atom stereocenters. The van der Waals surface area contributed by atoms with Gasteiger partial charge in [-0.05, 0) is 32.2 Å². The first-order valence-corrected chi connectivity index (χ1v) is 5.31. The molecule has 1 unspecified atom stereocenters. The maximum atomic E-state index is 12.5. The third-order valence-electron chi connectivity index (χ3n) is 2.25. The molecule has 1 N–H and O–H groups in total. The van der Waals surface area contributed by atoms with Crippen molar-refractivity contribution in [2.45, 2.75) is 19.2 Å². The van der Waals surface area contributed by atoms with Crippen molar-refractivity contribution < 1.29 is 17.9 Å². The van der Waals surface area contributed by atoms with Gasteiger partial charge in [0.05, 0.1) is 11.1 Å². The second kappa shape index (κ2) is 5.74. The van der Waals surface area contributed by atoms with E-state index in [0.29, 0.717) is 6.54 Å². The Kier molecular flexibility index (Phi) is 4.56. The third kappa shape index (κ3) is 3.64. The standard InChI is InChI=1S/C12H13F3N2O/c1-8(7-17-2)18-11-4-3-10(12(13,14)15)5-9(11)6-16/h3-5,8,17H,7H2,1-2H3. The highest BCUT2D eigenvalue weighted by Gasteiger charge is 2.31. The number of likely N-dealkylation sites (N-methyl/N-ethyl adjacent to an activating group) is 1. The van der Waals surface area contributed by atoms with Crippen molar-refractivity contribution in [2.75, 3.05) is 13.6 Å². The molecule has 3 nitrogen and oxygen atoms in total. The number of ether oxygens (including phenoxy) is 1. The summed E-state index contributed by atoms with van der Waals surface area (Å²) in [6.07, 6.45) is -4.69. The minimum atomic E-state index is -4.46. The van der Waals surface area contributed by atoms with Crippen LogP contribution in [0.5, 0.6) is 5.75 Å². The van der Waals surface area contributed by atoms with Crippen molar-refractivity contribution in [3.63, 3.8) is 0 Å². The number of benzene rings is 1. The molecule has 0 aromatic heterocycles. The topological polar surface area (TPSA) is 45.0 Å². The Labute approximate surface area is 103 Å². The van der Waals surface area contributed by atoms with Gasteiger partial charge in [0.2, 0.25) is 0 Å². The zero-order valence-electron chi connectivity index (χ0n) is 10.0. The second-order valence-electron chi connectivity index (χ2n) is 3.81. The molecule has 0 fully saturated rings. The van der Waals surface area contributed by atoms with E-state index in [4.69, 9.17) is 10.00 Å². The van der Waals surface area contributed by atoms with Gasteiger partial charge in [0.1, 0.15) is 17.9 Å². The number of nitriles is 1. The van der Waals surface area contributed by atoms with Gasteiger partial charge in [0.25, 0.3) is 0 Å². The number of halogens is 3. The van der Waals surface area contributed by atoms with Gasteiger partial charge in [-0.25, -0.2) is 0 Å². The van der Waals surface area contributed by atoms with E-state index < -0.39 is 11.7 Å². The molecule has 0 saturated carbocycles. The van der Waals surface area contributed by atoms with Gasteiger partial charge in [-0.1, -0.05) is 0 Å². The Balaban J connectivity index is 2.98. The summed E-state index contributed by atoms with van der Waals surface area (Å²) in [4.78, 5) is 0. The van der Waals surface area contributed by atoms with Crippen LogP contribution in [0.4, 0.5) is 13.2 Å². The largest absolute Gasteiger partial charge is 0.488 e. The molecule has 1 aromatic rings. The third-order valence-corrected chi connectivity index (χ3v) is 2.25. The van der Waals surface area contributed by atoms with E-state index in [1.165, 1.54) is 6.07 Å². The van der Waals surface area contributed by atoms with E-state index in [9.17, 15) is 13.2 Å². The first-order chi connectivity index (χ1) is 8.38. The smallest absolute Gasteiger partial charge is 0.416 e. The molecule has 6 heteroatoms. The monoisotopic (exact) mass is 258 g/mol. The molecule has 0 radical (unpaired) electrons. The van der Waals surface area contributed by atoms with Crippen LogP contribution in [0, 0.1) is 11.3 Å². The van der Waals surface area contributed by atoms with Gasteiger partial charge < -0.3 is 10.1 Å². The Morgan fingerprint density at radius 1 is 1.44 bits per heavy atom. The summed E-state index contributed by atoms with van der Waals surface area (Å²) in [5.41, 5.74) is -0.972. The van der Waals surface area contributed by atoms with Crippen LogP contribution < -0.4 is 10.1 Å². The molecule has 0 aliphatic carbocycles. The summed E-state index contributed by atoms with van der Waals surface area (Å²) in [7, 11) is 1.73. The first kappa shape index (κ1) is 14.3. The van der Waals surface area contributed by atoms with Gasteiger partial charge in [-0.15, -0.1) is 0 Å². The van der Waals surface area contributed by atoms with E-state index in [1.54, 1.807) is 20.0 Å². The highest BCUT2D eigenvalue weighted by molar-refractivity contribution is 5.46. The predicted molar refractivity (Wildman–Crippen MR) is 60.2 cm³/mol. The van der Waals surface area contributed by atoms with E-state index in [-0.39, 0.29) is 17.4 Å². The summed E-state index contributed by atoms with van der Waals surface area (Å²) < 4.78 is 42.8. The summed E-state index contributed by atoms with van der Waals surface area (Å²) in [6.45, 7) is 2.29. The highest BCUT2D eigenvalue weighted by Crippen LogP contribution is 2.32. The van der Waals surface area contributed by atoms with Gasteiger partial charge in [0, 0.05) is 6.54 Å². The Bertz CT molecular complexity index is 452. The lowest BCUT2D eigenvalue weighted by Gasteiger charge is -2.16. The SMILES string of the molecule is CNCC(C)Oc1ccc(C(F)(F)F)cc1C#N. The lowest BCUT2D eigenvalue weighted by atomic mass is 10.1. The summed E-state index contributed by atoms with van der Waals surface area (Å²) >= 11 is 0. The normalized spacial score (nSPS) is 12.9. The number of hydrogen-bond donors (Lipinski definition) is 1. The van der Waals surface area contributed by atoms with Gasteiger partial charge in [-0.3, -0.25) is 0 Å². The van der Waals surface area contributed by atoms with Crippen molar-refractivity contribution >= 4 is 0 Å². The molecule has 0 heterocycles. The first-order valence-electron chi connectivity index (χ1n) is 5.31. The number of hydrogen-bond acceptors (Lipinski definition) is 3. The van der Waals surface area contributed by atoms with Crippen molar-refractivity contribution in [2.24, 2.45) is 0 Å². The van der Waals surface area contributed by atoms with E-state index in [0.717, 1.165) is 12.1 Å². The van der Waals surface area contributed by atoms with Crippen LogP contribution in [0.1, 0.15) is 18.1 Å². The van der Waals surface area contributed by atoms with Gasteiger partial charge >= 0.3 is 6.18 Å². The quantitative estimate of drug-likeness (QED) is 0.902. The van der Waals surface area contributed by atoms with E-state index in [1.807, 2.05) is 0 Å². The lowest BCUT2D eigenvalue weighted by Crippen LogP contribution is -2.26. The second-order valence-corrected chi connectivity index (χ2v) is 3.81. The van der Waals surface area contributed by atoms with Crippen LogP contribution in [0.15, 0.2) is 18.2 Å². The summed E-state index contributed by atoms with van der Waals surface area (Å²) in [5, 5.41) is 11.7. The number of nitrogens with zero attached hydrogens (tertiary/aromatic N) is 1. The van der Waals surface area contributed by atoms with Crippen LogP contribution in [0.25, 0.3) is 0 Å². The summed E-state index contributed by atoms with van der Waals surface area (Å²) in [6, 6.07) is 4.58. The maximum absolute atomic E-state index is 12.5. The minimum absolute atomic E-state index is 0.118. The zero-order valence-corrected chi connectivity index (χ0v) is 10.0. The number of rotatable bonds is 4.